The molecule has 0 radical (unpaired) electrons. The smallest absolute Gasteiger partial charge is 0.303 e. The SMILES string of the molecule is CC(=O)O[C@@H]1[C@H](OC(C)=O)[C@@H](O)O[C@H](CBr)[C@H]1OC(C)=O. The summed E-state index contributed by atoms with van der Waals surface area (Å²) < 4.78 is 20.3. The number of aliphatic hydroxyl groups is 1. The molecule has 1 aliphatic heterocycles. The lowest BCUT2D eigenvalue weighted by Gasteiger charge is -2.42. The zero-order valence-corrected chi connectivity index (χ0v) is 13.4. The summed E-state index contributed by atoms with van der Waals surface area (Å²) in [6, 6.07) is 0. The second kappa shape index (κ2) is 7.71. The normalized spacial score (nSPS) is 32.1. The Bertz CT molecular complexity index is 412. The second-order valence-corrected chi connectivity index (χ2v) is 5.09. The molecular formula is C12H17BrO8. The maximum atomic E-state index is 11.2. The fraction of sp³-hybridized carbons (Fsp3) is 0.750. The lowest BCUT2D eigenvalue weighted by molar-refractivity contribution is -0.287. The van der Waals surface area contributed by atoms with E-state index in [1.807, 2.05) is 0 Å². The van der Waals surface area contributed by atoms with Crippen molar-refractivity contribution in [3.05, 3.63) is 0 Å². The molecule has 0 unspecified atom stereocenters. The Morgan fingerprint density at radius 1 is 0.952 bits per heavy atom. The van der Waals surface area contributed by atoms with E-state index in [4.69, 9.17) is 18.9 Å². The number of hydrogen-bond acceptors (Lipinski definition) is 8. The maximum Gasteiger partial charge on any atom is 0.303 e. The minimum absolute atomic E-state index is 0.215. The van der Waals surface area contributed by atoms with Crippen LogP contribution in [0.5, 0.6) is 0 Å². The molecule has 1 saturated heterocycles. The quantitative estimate of drug-likeness (QED) is 0.416. The van der Waals surface area contributed by atoms with Crippen LogP contribution in [0.4, 0.5) is 0 Å². The Kier molecular flexibility index (Phi) is 6.56. The minimum atomic E-state index is -1.51. The minimum Gasteiger partial charge on any atom is -0.456 e. The zero-order valence-electron chi connectivity index (χ0n) is 11.8. The van der Waals surface area contributed by atoms with E-state index < -0.39 is 48.6 Å². The van der Waals surface area contributed by atoms with Gasteiger partial charge < -0.3 is 24.1 Å². The molecular weight excluding hydrogens is 352 g/mol. The highest BCUT2D eigenvalue weighted by Crippen LogP contribution is 2.28. The standard InChI is InChI=1S/C12H17BrO8/c1-5(14)18-9-8(4-13)21-12(17)11(20-7(3)16)10(9)19-6(2)15/h8-12,17H,4H2,1-3H3/t8-,9-,10+,11+,12+/m1/s1. The molecule has 21 heavy (non-hydrogen) atoms. The fourth-order valence-corrected chi connectivity index (χ4v) is 2.52. The van der Waals surface area contributed by atoms with Crippen LogP contribution in [-0.2, 0) is 33.3 Å². The van der Waals surface area contributed by atoms with Crippen LogP contribution in [-0.4, -0.2) is 59.1 Å². The van der Waals surface area contributed by atoms with Gasteiger partial charge in [0.05, 0.1) is 0 Å². The van der Waals surface area contributed by atoms with Gasteiger partial charge in [0, 0.05) is 26.1 Å². The van der Waals surface area contributed by atoms with Crippen molar-refractivity contribution < 1.29 is 38.4 Å². The van der Waals surface area contributed by atoms with Crippen molar-refractivity contribution in [1.29, 1.82) is 0 Å². The maximum absolute atomic E-state index is 11.2. The third kappa shape index (κ3) is 4.94. The van der Waals surface area contributed by atoms with Gasteiger partial charge in [0.2, 0.25) is 0 Å². The van der Waals surface area contributed by atoms with E-state index in [0.29, 0.717) is 0 Å². The predicted octanol–water partition coefficient (Wildman–Crippen LogP) is -0.106. The molecule has 1 fully saturated rings. The van der Waals surface area contributed by atoms with Gasteiger partial charge in [0.1, 0.15) is 6.10 Å². The zero-order chi connectivity index (χ0) is 16.2. The van der Waals surface area contributed by atoms with Crippen molar-refractivity contribution in [1.82, 2.24) is 0 Å². The molecule has 0 saturated carbocycles. The van der Waals surface area contributed by atoms with Crippen molar-refractivity contribution in [3.63, 3.8) is 0 Å². The van der Waals surface area contributed by atoms with Crippen LogP contribution in [0.1, 0.15) is 20.8 Å². The number of halogens is 1. The average Bonchev–Trinajstić information content (AvgIpc) is 2.35. The number of hydrogen-bond donors (Lipinski definition) is 1. The first-order valence-corrected chi connectivity index (χ1v) is 7.29. The van der Waals surface area contributed by atoms with E-state index in [1.54, 1.807) is 0 Å². The number of rotatable bonds is 4. The van der Waals surface area contributed by atoms with Gasteiger partial charge in [-0.2, -0.15) is 0 Å². The molecule has 1 aliphatic rings. The van der Waals surface area contributed by atoms with Gasteiger partial charge in [-0.15, -0.1) is 0 Å². The third-order valence-electron chi connectivity index (χ3n) is 2.67. The van der Waals surface area contributed by atoms with Crippen LogP contribution in [0.3, 0.4) is 0 Å². The van der Waals surface area contributed by atoms with Gasteiger partial charge >= 0.3 is 17.9 Å². The Balaban J connectivity index is 3.08. The molecule has 0 aromatic rings. The number of ether oxygens (including phenoxy) is 4. The third-order valence-corrected chi connectivity index (χ3v) is 3.31. The number of carbonyl (C=O) groups is 3. The van der Waals surface area contributed by atoms with E-state index in [1.165, 1.54) is 6.92 Å². The molecule has 9 heteroatoms. The summed E-state index contributed by atoms with van der Waals surface area (Å²) in [6.45, 7) is 3.47. The lowest BCUT2D eigenvalue weighted by Crippen LogP contribution is -2.61. The highest BCUT2D eigenvalue weighted by atomic mass is 79.9. The summed E-state index contributed by atoms with van der Waals surface area (Å²) in [5.41, 5.74) is 0. The summed E-state index contributed by atoms with van der Waals surface area (Å²) in [5.74, 6) is -1.99. The summed E-state index contributed by atoms with van der Waals surface area (Å²) >= 11 is 3.16. The number of carbonyl (C=O) groups excluding carboxylic acids is 3. The second-order valence-electron chi connectivity index (χ2n) is 4.44. The monoisotopic (exact) mass is 368 g/mol. The van der Waals surface area contributed by atoms with Crippen LogP contribution in [0.25, 0.3) is 0 Å². The summed E-state index contributed by atoms with van der Waals surface area (Å²) in [5, 5.41) is 10.1. The molecule has 8 nitrogen and oxygen atoms in total. The van der Waals surface area contributed by atoms with Gasteiger partial charge in [0.25, 0.3) is 0 Å². The van der Waals surface area contributed by atoms with E-state index in [0.717, 1.165) is 13.8 Å². The number of alkyl halides is 1. The summed E-state index contributed by atoms with van der Waals surface area (Å²) in [6.07, 6.45) is -5.74. The first-order valence-electron chi connectivity index (χ1n) is 6.17. The Labute approximate surface area is 129 Å². The lowest BCUT2D eigenvalue weighted by atomic mass is 9.99. The van der Waals surface area contributed by atoms with Gasteiger partial charge in [-0.25, -0.2) is 0 Å². The highest BCUT2D eigenvalue weighted by Gasteiger charge is 2.50. The number of aliphatic hydroxyl groups excluding tert-OH is 1. The van der Waals surface area contributed by atoms with Gasteiger partial charge in [-0.3, -0.25) is 14.4 Å². The van der Waals surface area contributed by atoms with E-state index in [-0.39, 0.29) is 5.33 Å². The Hall–Kier alpha value is -1.19. The molecule has 120 valence electrons. The van der Waals surface area contributed by atoms with Crippen molar-refractivity contribution in [2.45, 2.75) is 51.5 Å². The van der Waals surface area contributed by atoms with Crippen molar-refractivity contribution in [3.8, 4) is 0 Å². The molecule has 0 bridgehead atoms. The van der Waals surface area contributed by atoms with Crippen LogP contribution in [0.15, 0.2) is 0 Å². The van der Waals surface area contributed by atoms with Crippen molar-refractivity contribution >= 4 is 33.8 Å². The molecule has 0 spiro atoms. The molecule has 1 heterocycles. The molecule has 0 aliphatic carbocycles. The predicted molar refractivity (Wildman–Crippen MR) is 71.3 cm³/mol. The van der Waals surface area contributed by atoms with Crippen LogP contribution in [0.2, 0.25) is 0 Å². The van der Waals surface area contributed by atoms with Crippen LogP contribution >= 0.6 is 15.9 Å². The van der Waals surface area contributed by atoms with Crippen molar-refractivity contribution in [2.75, 3.05) is 5.33 Å². The molecule has 5 atom stereocenters. The van der Waals surface area contributed by atoms with E-state index >= 15 is 0 Å². The van der Waals surface area contributed by atoms with Crippen LogP contribution < -0.4 is 0 Å². The Morgan fingerprint density at radius 2 is 1.38 bits per heavy atom. The summed E-state index contributed by atoms with van der Waals surface area (Å²) in [7, 11) is 0. The fourth-order valence-electron chi connectivity index (χ4n) is 2.00. The first kappa shape index (κ1) is 17.9. The summed E-state index contributed by atoms with van der Waals surface area (Å²) in [4.78, 5) is 33.6. The van der Waals surface area contributed by atoms with Gasteiger partial charge in [-0.05, 0) is 0 Å². The number of esters is 3. The van der Waals surface area contributed by atoms with Gasteiger partial charge in [0.15, 0.2) is 24.6 Å². The van der Waals surface area contributed by atoms with Crippen LogP contribution in [0, 0.1) is 0 Å². The molecule has 0 amide bonds. The molecule has 0 aromatic carbocycles. The average molecular weight is 369 g/mol. The first-order chi connectivity index (χ1) is 9.76. The van der Waals surface area contributed by atoms with Crippen molar-refractivity contribution in [2.24, 2.45) is 0 Å². The molecule has 1 N–H and O–H groups in total. The largest absolute Gasteiger partial charge is 0.456 e. The molecule has 0 aromatic heterocycles. The topological polar surface area (TPSA) is 108 Å². The van der Waals surface area contributed by atoms with E-state index in [2.05, 4.69) is 15.9 Å². The highest BCUT2D eigenvalue weighted by molar-refractivity contribution is 9.09. The van der Waals surface area contributed by atoms with Gasteiger partial charge in [-0.1, -0.05) is 15.9 Å². The molecule has 1 rings (SSSR count). The van der Waals surface area contributed by atoms with E-state index in [9.17, 15) is 19.5 Å². The Morgan fingerprint density at radius 3 is 1.81 bits per heavy atom.